The van der Waals surface area contributed by atoms with Crippen LogP contribution in [-0.2, 0) is 0 Å². The van der Waals surface area contributed by atoms with Crippen molar-refractivity contribution in [3.05, 3.63) is 52.9 Å². The normalized spacial score (nSPS) is 12.4. The lowest BCUT2D eigenvalue weighted by Gasteiger charge is -1.96. The molecule has 0 bridgehead atoms. The first-order chi connectivity index (χ1) is 8.65. The van der Waals surface area contributed by atoms with Crippen molar-refractivity contribution in [2.75, 3.05) is 0 Å². The maximum Gasteiger partial charge on any atom is 0.202 e. The average Bonchev–Trinajstić information content (AvgIpc) is 2.77. The van der Waals surface area contributed by atoms with Crippen LogP contribution in [0.15, 0.2) is 48.1 Å². The molecule has 1 aromatic heterocycles. The van der Waals surface area contributed by atoms with Gasteiger partial charge in [0.05, 0.1) is 4.88 Å². The van der Waals surface area contributed by atoms with Gasteiger partial charge in [-0.15, -0.1) is 11.3 Å². The van der Waals surface area contributed by atoms with E-state index in [9.17, 15) is 9.90 Å². The number of rotatable bonds is 3. The van der Waals surface area contributed by atoms with E-state index in [1.165, 1.54) is 11.3 Å². The smallest absolute Gasteiger partial charge is 0.202 e. The SMILES string of the molecule is C/C=C\C(=C/C)C(=O)c1cc2ccc(O)cc2s1. The lowest BCUT2D eigenvalue weighted by Crippen LogP contribution is -1.97. The van der Waals surface area contributed by atoms with Gasteiger partial charge in [-0.1, -0.05) is 18.2 Å². The number of aromatic hydroxyl groups is 1. The number of carbonyl (C=O) groups is 1. The van der Waals surface area contributed by atoms with Gasteiger partial charge in [-0.3, -0.25) is 4.79 Å². The fraction of sp³-hybridized carbons (Fsp3) is 0.133. The Morgan fingerprint density at radius 3 is 2.72 bits per heavy atom. The van der Waals surface area contributed by atoms with Gasteiger partial charge in [-0.05, 0) is 43.5 Å². The standard InChI is InChI=1S/C15H14O2S/c1-3-5-10(4-2)15(17)14-8-11-6-7-12(16)9-13(11)18-14/h3-9,16H,1-2H3/b5-3-,10-4+. The maximum atomic E-state index is 12.2. The summed E-state index contributed by atoms with van der Waals surface area (Å²) in [6, 6.07) is 7.01. The summed E-state index contributed by atoms with van der Waals surface area (Å²) in [5, 5.41) is 10.4. The molecule has 0 amide bonds. The number of ketones is 1. The molecule has 0 atom stereocenters. The molecular weight excluding hydrogens is 244 g/mol. The van der Waals surface area contributed by atoms with E-state index >= 15 is 0 Å². The Bertz CT molecular complexity index is 648. The monoisotopic (exact) mass is 258 g/mol. The minimum absolute atomic E-state index is 0.0243. The predicted molar refractivity (Wildman–Crippen MR) is 76.4 cm³/mol. The van der Waals surface area contributed by atoms with Crippen molar-refractivity contribution in [3.63, 3.8) is 0 Å². The molecular formula is C15H14O2S. The highest BCUT2D eigenvalue weighted by atomic mass is 32.1. The third-order valence-electron chi connectivity index (χ3n) is 2.65. The van der Waals surface area contributed by atoms with Crippen molar-refractivity contribution >= 4 is 27.2 Å². The molecule has 2 nitrogen and oxygen atoms in total. The van der Waals surface area contributed by atoms with Crippen molar-refractivity contribution in [3.8, 4) is 5.75 Å². The van der Waals surface area contributed by atoms with Crippen molar-refractivity contribution in [1.82, 2.24) is 0 Å². The summed E-state index contributed by atoms with van der Waals surface area (Å²) >= 11 is 1.40. The summed E-state index contributed by atoms with van der Waals surface area (Å²) < 4.78 is 0.925. The average molecular weight is 258 g/mol. The Balaban J connectivity index is 2.45. The van der Waals surface area contributed by atoms with Crippen LogP contribution >= 0.6 is 11.3 Å². The molecule has 0 aliphatic heterocycles. The van der Waals surface area contributed by atoms with Crippen LogP contribution in [0.3, 0.4) is 0 Å². The van der Waals surface area contributed by atoms with Gasteiger partial charge in [0.15, 0.2) is 0 Å². The molecule has 0 spiro atoms. The molecule has 0 saturated heterocycles. The lowest BCUT2D eigenvalue weighted by molar-refractivity contribution is 0.104. The number of hydrogen-bond acceptors (Lipinski definition) is 3. The van der Waals surface area contributed by atoms with Crippen molar-refractivity contribution in [2.45, 2.75) is 13.8 Å². The number of fused-ring (bicyclic) bond motifs is 1. The molecule has 0 unspecified atom stereocenters. The summed E-state index contributed by atoms with van der Waals surface area (Å²) in [7, 11) is 0. The highest BCUT2D eigenvalue weighted by molar-refractivity contribution is 7.21. The summed E-state index contributed by atoms with van der Waals surface area (Å²) in [6.45, 7) is 3.74. The van der Waals surface area contributed by atoms with Gasteiger partial charge in [-0.25, -0.2) is 0 Å². The maximum absolute atomic E-state index is 12.2. The van der Waals surface area contributed by atoms with Crippen LogP contribution < -0.4 is 0 Å². The van der Waals surface area contributed by atoms with E-state index < -0.39 is 0 Å². The lowest BCUT2D eigenvalue weighted by atomic mass is 10.1. The van der Waals surface area contributed by atoms with E-state index in [2.05, 4.69) is 0 Å². The Morgan fingerprint density at radius 2 is 2.06 bits per heavy atom. The van der Waals surface area contributed by atoms with E-state index in [-0.39, 0.29) is 11.5 Å². The van der Waals surface area contributed by atoms with Crippen LogP contribution in [0.25, 0.3) is 10.1 Å². The quantitative estimate of drug-likeness (QED) is 0.506. The molecule has 1 heterocycles. The molecule has 0 fully saturated rings. The molecule has 3 heteroatoms. The van der Waals surface area contributed by atoms with Crippen LogP contribution in [0, 0.1) is 0 Å². The zero-order chi connectivity index (χ0) is 13.1. The van der Waals surface area contributed by atoms with Crippen LogP contribution in [-0.4, -0.2) is 10.9 Å². The second-order valence-corrected chi connectivity index (χ2v) is 4.99. The minimum atomic E-state index is 0.0243. The molecule has 1 N–H and O–H groups in total. The van der Waals surface area contributed by atoms with Gasteiger partial charge in [-0.2, -0.15) is 0 Å². The fourth-order valence-electron chi connectivity index (χ4n) is 1.76. The third-order valence-corrected chi connectivity index (χ3v) is 3.74. The van der Waals surface area contributed by atoms with Crippen molar-refractivity contribution in [2.24, 2.45) is 0 Å². The molecule has 18 heavy (non-hydrogen) atoms. The fourth-order valence-corrected chi connectivity index (χ4v) is 2.81. The minimum Gasteiger partial charge on any atom is -0.508 e. The van der Waals surface area contributed by atoms with Crippen LogP contribution in [0.2, 0.25) is 0 Å². The molecule has 1 aromatic carbocycles. The third kappa shape index (κ3) is 2.36. The number of thiophene rings is 1. The number of allylic oxidation sites excluding steroid dienone is 4. The second-order valence-electron chi connectivity index (χ2n) is 3.91. The van der Waals surface area contributed by atoms with Gasteiger partial charge in [0.1, 0.15) is 5.75 Å². The molecule has 0 saturated carbocycles. The largest absolute Gasteiger partial charge is 0.508 e. The Morgan fingerprint density at radius 1 is 1.28 bits per heavy atom. The molecule has 2 rings (SSSR count). The first-order valence-electron chi connectivity index (χ1n) is 5.72. The Hall–Kier alpha value is -1.87. The summed E-state index contributed by atoms with van der Waals surface area (Å²) in [5.74, 6) is 0.249. The molecule has 0 radical (unpaired) electrons. The van der Waals surface area contributed by atoms with Crippen molar-refractivity contribution < 1.29 is 9.90 Å². The van der Waals surface area contributed by atoms with E-state index in [0.29, 0.717) is 10.5 Å². The van der Waals surface area contributed by atoms with Crippen LogP contribution in [0.1, 0.15) is 23.5 Å². The summed E-state index contributed by atoms with van der Waals surface area (Å²) in [4.78, 5) is 12.9. The molecule has 0 aliphatic rings. The molecule has 92 valence electrons. The number of hydrogen-bond donors (Lipinski definition) is 1. The van der Waals surface area contributed by atoms with Gasteiger partial charge in [0, 0.05) is 10.3 Å². The first-order valence-corrected chi connectivity index (χ1v) is 6.53. The highest BCUT2D eigenvalue weighted by Crippen LogP contribution is 2.30. The van der Waals surface area contributed by atoms with Gasteiger partial charge >= 0.3 is 0 Å². The van der Waals surface area contributed by atoms with E-state index in [4.69, 9.17) is 0 Å². The summed E-state index contributed by atoms with van der Waals surface area (Å²) in [5.41, 5.74) is 0.688. The number of phenolic OH excluding ortho intramolecular Hbond substituents is 1. The number of Topliss-reactive ketones (excluding diaryl/α,β-unsaturated/α-hetero) is 1. The first kappa shape index (κ1) is 12.6. The van der Waals surface area contributed by atoms with Gasteiger partial charge in [0.25, 0.3) is 0 Å². The second kappa shape index (κ2) is 5.19. The van der Waals surface area contributed by atoms with Crippen molar-refractivity contribution in [1.29, 1.82) is 0 Å². The predicted octanol–water partition coefficient (Wildman–Crippen LogP) is 4.31. The zero-order valence-corrected chi connectivity index (χ0v) is 11.1. The topological polar surface area (TPSA) is 37.3 Å². The molecule has 0 aliphatic carbocycles. The van der Waals surface area contributed by atoms with E-state index in [0.717, 1.165) is 10.1 Å². The number of phenols is 1. The highest BCUT2D eigenvalue weighted by Gasteiger charge is 2.12. The van der Waals surface area contributed by atoms with Gasteiger partial charge in [0.2, 0.25) is 5.78 Å². The van der Waals surface area contributed by atoms with Crippen LogP contribution in [0.4, 0.5) is 0 Å². The Labute approximate surface area is 110 Å². The zero-order valence-electron chi connectivity index (χ0n) is 10.3. The summed E-state index contributed by atoms with van der Waals surface area (Å²) in [6.07, 6.45) is 5.47. The number of benzene rings is 1. The van der Waals surface area contributed by atoms with E-state index in [1.807, 2.05) is 44.2 Å². The number of carbonyl (C=O) groups excluding carboxylic acids is 1. The van der Waals surface area contributed by atoms with E-state index in [1.54, 1.807) is 12.1 Å². The van der Waals surface area contributed by atoms with Gasteiger partial charge < -0.3 is 5.11 Å². The Kier molecular flexibility index (Phi) is 3.63. The van der Waals surface area contributed by atoms with Crippen LogP contribution in [0.5, 0.6) is 5.75 Å². The molecule has 2 aromatic rings.